The van der Waals surface area contributed by atoms with Gasteiger partial charge in [0.05, 0.1) is 46.7 Å². The summed E-state index contributed by atoms with van der Waals surface area (Å²) in [6, 6.07) is 9.23. The highest BCUT2D eigenvalue weighted by Gasteiger charge is 2.30. The van der Waals surface area contributed by atoms with Crippen molar-refractivity contribution in [3.63, 3.8) is 0 Å². The molecule has 1 N–H and O–H groups in total. The number of fused-ring (bicyclic) bond motifs is 1. The Morgan fingerprint density at radius 3 is 2.54 bits per heavy atom. The van der Waals surface area contributed by atoms with Gasteiger partial charge in [0.2, 0.25) is 10.0 Å². The van der Waals surface area contributed by atoms with Crippen molar-refractivity contribution in [2.24, 2.45) is 0 Å². The molecule has 3 heterocycles. The number of carbonyl (C=O) groups excluding carboxylic acids is 1. The average molecular weight is 506 g/mol. The van der Waals surface area contributed by atoms with E-state index in [-0.39, 0.29) is 24.6 Å². The number of anilines is 3. The smallest absolute Gasteiger partial charge is 0.268 e. The van der Waals surface area contributed by atoms with Gasteiger partial charge in [0.1, 0.15) is 5.82 Å². The van der Waals surface area contributed by atoms with E-state index in [1.807, 2.05) is 0 Å². The minimum Gasteiger partial charge on any atom is -0.353 e. The van der Waals surface area contributed by atoms with Crippen LogP contribution in [0.25, 0.3) is 0 Å². The second kappa shape index (κ2) is 9.17. The van der Waals surface area contributed by atoms with Gasteiger partial charge in [-0.3, -0.25) is 19.1 Å². The summed E-state index contributed by atoms with van der Waals surface area (Å²) in [5.41, 5.74) is 1.85. The second-order valence-corrected chi connectivity index (χ2v) is 10.2. The lowest BCUT2D eigenvalue weighted by Crippen LogP contribution is -2.25. The van der Waals surface area contributed by atoms with E-state index < -0.39 is 27.8 Å². The van der Waals surface area contributed by atoms with Gasteiger partial charge in [-0.2, -0.15) is 0 Å². The number of para-hydroxylation sites is 2. The fraction of sp³-hybridized carbons (Fsp3) is 0.261. The predicted molar refractivity (Wildman–Crippen MR) is 125 cm³/mol. The van der Waals surface area contributed by atoms with Crippen LogP contribution in [0.3, 0.4) is 0 Å². The molecule has 0 aliphatic carbocycles. The average Bonchev–Trinajstić information content (AvgIpc) is 3.06. The summed E-state index contributed by atoms with van der Waals surface area (Å²) in [6.07, 6.45) is -1.06. The van der Waals surface area contributed by atoms with Crippen molar-refractivity contribution in [3.8, 4) is 0 Å². The Morgan fingerprint density at radius 1 is 1.17 bits per heavy atom. The Bertz CT molecular complexity index is 1420. The molecule has 0 unspecified atom stereocenters. The number of nitrogens with one attached hydrogen (secondary N) is 1. The Morgan fingerprint density at radius 2 is 1.89 bits per heavy atom. The van der Waals surface area contributed by atoms with Crippen LogP contribution in [-0.4, -0.2) is 49.5 Å². The highest BCUT2D eigenvalue weighted by molar-refractivity contribution is 7.92. The van der Waals surface area contributed by atoms with E-state index in [1.165, 1.54) is 11.9 Å². The number of rotatable bonds is 7. The number of amides is 1. The molecular weight excluding hydrogens is 483 g/mol. The molecule has 1 aliphatic heterocycles. The molecule has 0 fully saturated rings. The van der Waals surface area contributed by atoms with E-state index in [4.69, 9.17) is 0 Å². The van der Waals surface area contributed by atoms with Crippen molar-refractivity contribution >= 4 is 33.0 Å². The molecule has 0 bridgehead atoms. The van der Waals surface area contributed by atoms with Crippen LogP contribution >= 0.6 is 0 Å². The van der Waals surface area contributed by atoms with Gasteiger partial charge >= 0.3 is 0 Å². The van der Waals surface area contributed by atoms with Gasteiger partial charge in [-0.05, 0) is 24.3 Å². The predicted octanol–water partition coefficient (Wildman–Crippen LogP) is 3.87. The van der Waals surface area contributed by atoms with Crippen molar-refractivity contribution in [2.75, 3.05) is 30.0 Å². The van der Waals surface area contributed by atoms with Gasteiger partial charge in [0.25, 0.3) is 12.3 Å². The van der Waals surface area contributed by atoms with E-state index in [0.29, 0.717) is 34.0 Å². The zero-order chi connectivity index (χ0) is 25.5. The first kappa shape index (κ1) is 24.5. The lowest BCUT2D eigenvalue weighted by atomic mass is 10.1. The first-order valence-electron chi connectivity index (χ1n) is 10.5. The fourth-order valence-corrected chi connectivity index (χ4v) is 4.30. The number of carbonyl (C=O) groups is 1. The number of hydrogen-bond acceptors (Lipinski definition) is 6. The number of aromatic nitrogens is 2. The minimum absolute atomic E-state index is 0.0329. The van der Waals surface area contributed by atoms with Crippen LogP contribution in [0, 0.1) is 5.82 Å². The first-order valence-corrected chi connectivity index (χ1v) is 12.3. The minimum atomic E-state index is -3.56. The van der Waals surface area contributed by atoms with E-state index in [9.17, 15) is 26.4 Å². The van der Waals surface area contributed by atoms with Gasteiger partial charge in [0, 0.05) is 38.1 Å². The summed E-state index contributed by atoms with van der Waals surface area (Å²) in [4.78, 5) is 22.7. The van der Waals surface area contributed by atoms with Gasteiger partial charge in [-0.25, -0.2) is 21.6 Å². The fourth-order valence-electron chi connectivity index (χ4n) is 3.79. The number of halogens is 3. The molecule has 0 radical (unpaired) electrons. The van der Waals surface area contributed by atoms with Crippen molar-refractivity contribution in [1.82, 2.24) is 14.9 Å². The van der Waals surface area contributed by atoms with Gasteiger partial charge in [0.15, 0.2) is 0 Å². The van der Waals surface area contributed by atoms with Crippen molar-refractivity contribution in [1.29, 1.82) is 0 Å². The molecule has 1 amide bonds. The maximum atomic E-state index is 14.1. The lowest BCUT2D eigenvalue weighted by Gasteiger charge is -2.21. The third kappa shape index (κ3) is 4.92. The van der Waals surface area contributed by atoms with Crippen molar-refractivity contribution < 1.29 is 26.4 Å². The van der Waals surface area contributed by atoms with E-state index in [1.54, 1.807) is 37.4 Å². The normalized spacial score (nSPS) is 13.3. The van der Waals surface area contributed by atoms with E-state index >= 15 is 0 Å². The Balaban J connectivity index is 1.75. The molecule has 0 saturated carbocycles. The number of pyridine rings is 2. The molecular formula is C23H22F3N5O3S. The molecule has 0 saturated heterocycles. The molecule has 4 rings (SSSR count). The zero-order valence-corrected chi connectivity index (χ0v) is 19.9. The molecule has 0 spiro atoms. The molecule has 12 heteroatoms. The summed E-state index contributed by atoms with van der Waals surface area (Å²) < 4.78 is 65.1. The summed E-state index contributed by atoms with van der Waals surface area (Å²) in [5.74, 6) is -1.32. The molecule has 184 valence electrons. The topological polar surface area (TPSA) is 95.5 Å². The molecule has 0 atom stereocenters. The Kier molecular flexibility index (Phi) is 6.41. The third-order valence-electron chi connectivity index (χ3n) is 5.64. The van der Waals surface area contributed by atoms with E-state index in [0.717, 1.165) is 22.8 Å². The molecule has 8 nitrogen and oxygen atoms in total. The summed E-state index contributed by atoms with van der Waals surface area (Å²) in [6.45, 7) is 0.244. The molecule has 35 heavy (non-hydrogen) atoms. The number of alkyl halides is 2. The highest BCUT2D eigenvalue weighted by Crippen LogP contribution is 2.35. The summed E-state index contributed by atoms with van der Waals surface area (Å²) in [7, 11) is -0.515. The lowest BCUT2D eigenvalue weighted by molar-refractivity contribution is 0.0817. The standard InChI is InChI=1S/C23H22F3N5O3S/c1-30-12-19-21(23(30)32)18(29-17-6-4-5-7-20(17)31(2)35(3,33)34)10-14(28-19)8-13-9-16(24)15(11-27-13)22(25)26/h4-7,9-11,22H,8,12H2,1-3H3,(H,28,29). The maximum absolute atomic E-state index is 14.1. The summed E-state index contributed by atoms with van der Waals surface area (Å²) in [5, 5.41) is 3.15. The van der Waals surface area contributed by atoms with Gasteiger partial charge in [-0.1, -0.05) is 12.1 Å². The molecule has 1 aromatic carbocycles. The maximum Gasteiger partial charge on any atom is 0.268 e. The number of hydrogen-bond donors (Lipinski definition) is 1. The number of benzene rings is 1. The molecule has 1 aliphatic rings. The van der Waals surface area contributed by atoms with Crippen LogP contribution in [0.2, 0.25) is 0 Å². The Hall–Kier alpha value is -3.67. The van der Waals surface area contributed by atoms with Crippen LogP contribution in [0.1, 0.15) is 39.4 Å². The summed E-state index contributed by atoms with van der Waals surface area (Å²) >= 11 is 0. The van der Waals surface area contributed by atoms with Crippen LogP contribution in [-0.2, 0) is 23.0 Å². The molecule has 2 aromatic heterocycles. The van der Waals surface area contributed by atoms with Crippen LogP contribution in [0.5, 0.6) is 0 Å². The molecule has 3 aromatic rings. The first-order chi connectivity index (χ1) is 16.5. The monoisotopic (exact) mass is 505 g/mol. The SMILES string of the molecule is CN1Cc2nc(Cc3cc(F)c(C(F)F)cn3)cc(Nc3ccccc3N(C)S(C)(=O)=O)c2C1=O. The number of sulfonamides is 1. The zero-order valence-electron chi connectivity index (χ0n) is 19.1. The van der Waals surface area contributed by atoms with Crippen LogP contribution in [0.4, 0.5) is 30.2 Å². The largest absolute Gasteiger partial charge is 0.353 e. The Labute approximate surface area is 200 Å². The van der Waals surface area contributed by atoms with Crippen molar-refractivity contribution in [3.05, 3.63) is 76.6 Å². The second-order valence-electron chi connectivity index (χ2n) is 8.19. The van der Waals surface area contributed by atoms with Gasteiger partial charge < -0.3 is 10.2 Å². The quantitative estimate of drug-likeness (QED) is 0.524. The van der Waals surface area contributed by atoms with E-state index in [2.05, 4.69) is 15.3 Å². The van der Waals surface area contributed by atoms with Crippen LogP contribution in [0.15, 0.2) is 42.6 Å². The third-order valence-corrected chi connectivity index (χ3v) is 6.83. The van der Waals surface area contributed by atoms with Gasteiger partial charge in [-0.15, -0.1) is 0 Å². The number of nitrogens with zero attached hydrogens (tertiary/aromatic N) is 4. The van der Waals surface area contributed by atoms with Crippen LogP contribution < -0.4 is 9.62 Å². The van der Waals surface area contributed by atoms with Crippen molar-refractivity contribution in [2.45, 2.75) is 19.4 Å². The highest BCUT2D eigenvalue weighted by atomic mass is 32.2.